The standard InChI is InChI=1S/C24H33N5O2/c1-24(2,3)18-12-10-17(11-13-18)22-26-20-16-21(30)28-29(20)23(27-22)25-14-7-15-31-19-8-5-4-6-9-19/h10-13,16,19H,4-9,14-15H2,1-3H3,(H,28,30)(H,25,26,27). The van der Waals surface area contributed by atoms with E-state index in [0.717, 1.165) is 18.6 Å². The fraction of sp³-hybridized carbons (Fsp3) is 0.542. The molecule has 2 heterocycles. The molecule has 0 amide bonds. The first-order valence-electron chi connectivity index (χ1n) is 11.4. The Morgan fingerprint density at radius 1 is 1.13 bits per heavy atom. The van der Waals surface area contributed by atoms with Gasteiger partial charge in [0.25, 0.3) is 5.56 Å². The second-order valence-electron chi connectivity index (χ2n) is 9.42. The number of anilines is 1. The number of aromatic amines is 1. The summed E-state index contributed by atoms with van der Waals surface area (Å²) in [7, 11) is 0. The van der Waals surface area contributed by atoms with Crippen molar-refractivity contribution in [3.63, 3.8) is 0 Å². The van der Waals surface area contributed by atoms with Crippen molar-refractivity contribution in [2.75, 3.05) is 18.5 Å². The van der Waals surface area contributed by atoms with E-state index in [0.29, 0.717) is 30.1 Å². The van der Waals surface area contributed by atoms with Crippen LogP contribution in [0.15, 0.2) is 35.1 Å². The summed E-state index contributed by atoms with van der Waals surface area (Å²) in [5, 5.41) is 6.12. The second kappa shape index (κ2) is 9.22. The number of fused-ring (bicyclic) bond motifs is 1. The molecule has 166 valence electrons. The maximum atomic E-state index is 11.9. The molecule has 0 radical (unpaired) electrons. The number of benzene rings is 1. The zero-order valence-corrected chi connectivity index (χ0v) is 18.8. The molecule has 0 spiro atoms. The maximum Gasteiger partial charge on any atom is 0.266 e. The lowest BCUT2D eigenvalue weighted by atomic mass is 9.87. The number of aromatic nitrogens is 4. The normalized spacial score (nSPS) is 15.5. The first kappa shape index (κ1) is 21.6. The Balaban J connectivity index is 1.46. The van der Waals surface area contributed by atoms with Gasteiger partial charge in [0.05, 0.1) is 6.10 Å². The van der Waals surface area contributed by atoms with Gasteiger partial charge in [-0.1, -0.05) is 64.3 Å². The third-order valence-corrected chi connectivity index (χ3v) is 5.87. The lowest BCUT2D eigenvalue weighted by Crippen LogP contribution is -2.19. The topological polar surface area (TPSA) is 84.3 Å². The molecule has 2 N–H and O–H groups in total. The summed E-state index contributed by atoms with van der Waals surface area (Å²) in [5.41, 5.74) is 2.62. The van der Waals surface area contributed by atoms with Gasteiger partial charge in [0.2, 0.25) is 5.95 Å². The lowest BCUT2D eigenvalue weighted by Gasteiger charge is -2.22. The van der Waals surface area contributed by atoms with E-state index in [9.17, 15) is 4.79 Å². The van der Waals surface area contributed by atoms with E-state index in [1.165, 1.54) is 43.7 Å². The molecule has 0 atom stereocenters. The van der Waals surface area contributed by atoms with Gasteiger partial charge in [-0.3, -0.25) is 9.89 Å². The summed E-state index contributed by atoms with van der Waals surface area (Å²) < 4.78 is 7.62. The molecule has 31 heavy (non-hydrogen) atoms. The minimum Gasteiger partial charge on any atom is -0.378 e. The summed E-state index contributed by atoms with van der Waals surface area (Å²) in [5.74, 6) is 1.18. The highest BCUT2D eigenvalue weighted by Gasteiger charge is 2.16. The Bertz CT molecular complexity index is 1060. The molecule has 0 bridgehead atoms. The Morgan fingerprint density at radius 2 is 1.87 bits per heavy atom. The zero-order valence-electron chi connectivity index (χ0n) is 18.8. The summed E-state index contributed by atoms with van der Waals surface area (Å²) >= 11 is 0. The molecule has 1 saturated carbocycles. The van der Waals surface area contributed by atoms with Gasteiger partial charge < -0.3 is 10.1 Å². The molecule has 4 rings (SSSR count). The van der Waals surface area contributed by atoms with E-state index in [1.807, 2.05) is 12.1 Å². The van der Waals surface area contributed by atoms with Crippen LogP contribution in [0, 0.1) is 0 Å². The van der Waals surface area contributed by atoms with Crippen molar-refractivity contribution in [2.45, 2.75) is 70.8 Å². The van der Waals surface area contributed by atoms with Gasteiger partial charge in [0.15, 0.2) is 11.5 Å². The molecule has 0 aliphatic heterocycles. The van der Waals surface area contributed by atoms with Crippen molar-refractivity contribution in [1.29, 1.82) is 0 Å². The average Bonchev–Trinajstić information content (AvgIpc) is 3.14. The van der Waals surface area contributed by atoms with Gasteiger partial charge in [-0.25, -0.2) is 9.50 Å². The van der Waals surface area contributed by atoms with E-state index in [1.54, 1.807) is 4.52 Å². The smallest absolute Gasteiger partial charge is 0.266 e. The van der Waals surface area contributed by atoms with E-state index in [2.05, 4.69) is 48.3 Å². The van der Waals surface area contributed by atoms with Gasteiger partial charge in [-0.15, -0.1) is 0 Å². The van der Waals surface area contributed by atoms with Crippen molar-refractivity contribution in [2.24, 2.45) is 0 Å². The Labute approximate surface area is 183 Å². The molecule has 1 aromatic carbocycles. The van der Waals surface area contributed by atoms with E-state index < -0.39 is 0 Å². The fourth-order valence-corrected chi connectivity index (χ4v) is 4.03. The minimum absolute atomic E-state index is 0.0870. The molecule has 7 nitrogen and oxygen atoms in total. The molecular weight excluding hydrogens is 390 g/mol. The molecule has 1 fully saturated rings. The second-order valence-corrected chi connectivity index (χ2v) is 9.42. The largest absolute Gasteiger partial charge is 0.378 e. The highest BCUT2D eigenvalue weighted by atomic mass is 16.5. The highest BCUT2D eigenvalue weighted by molar-refractivity contribution is 5.60. The third kappa shape index (κ3) is 5.34. The van der Waals surface area contributed by atoms with Crippen molar-refractivity contribution in [1.82, 2.24) is 19.6 Å². The fourth-order valence-electron chi connectivity index (χ4n) is 4.03. The average molecular weight is 424 g/mol. The summed E-state index contributed by atoms with van der Waals surface area (Å²) in [6.45, 7) is 8.01. The van der Waals surface area contributed by atoms with E-state index in [4.69, 9.17) is 9.72 Å². The van der Waals surface area contributed by atoms with Crippen LogP contribution in [0.3, 0.4) is 0 Å². The van der Waals surface area contributed by atoms with Gasteiger partial charge in [-0.2, -0.15) is 4.98 Å². The summed E-state index contributed by atoms with van der Waals surface area (Å²) in [4.78, 5) is 21.2. The Morgan fingerprint density at radius 3 is 2.58 bits per heavy atom. The van der Waals surface area contributed by atoms with Crippen LogP contribution in [0.4, 0.5) is 5.95 Å². The molecule has 0 saturated heterocycles. The SMILES string of the molecule is CC(C)(C)c1ccc(-c2nc(NCCCOC3CCCCC3)n3[nH]c(=O)cc3n2)cc1. The summed E-state index contributed by atoms with van der Waals surface area (Å²) in [6.07, 6.45) is 7.56. The van der Waals surface area contributed by atoms with Crippen molar-refractivity contribution < 1.29 is 4.74 Å². The minimum atomic E-state index is -0.196. The molecule has 1 aliphatic carbocycles. The van der Waals surface area contributed by atoms with Crippen LogP contribution >= 0.6 is 0 Å². The van der Waals surface area contributed by atoms with Gasteiger partial charge in [0, 0.05) is 24.8 Å². The van der Waals surface area contributed by atoms with Gasteiger partial charge >= 0.3 is 0 Å². The van der Waals surface area contributed by atoms with Crippen molar-refractivity contribution in [3.8, 4) is 11.4 Å². The quantitative estimate of drug-likeness (QED) is 0.545. The summed E-state index contributed by atoms with van der Waals surface area (Å²) in [6, 6.07) is 9.80. The molecule has 0 unspecified atom stereocenters. The number of hydrogen-bond acceptors (Lipinski definition) is 5. The highest BCUT2D eigenvalue weighted by Crippen LogP contribution is 2.25. The molecular formula is C24H33N5O2. The number of nitrogens with one attached hydrogen (secondary N) is 2. The van der Waals surface area contributed by atoms with Crippen LogP contribution in [0.1, 0.15) is 64.9 Å². The van der Waals surface area contributed by atoms with Crippen LogP contribution in [-0.4, -0.2) is 38.8 Å². The van der Waals surface area contributed by atoms with Crippen LogP contribution in [-0.2, 0) is 10.2 Å². The monoisotopic (exact) mass is 423 g/mol. The van der Waals surface area contributed by atoms with Gasteiger partial charge in [-0.05, 0) is 30.2 Å². The predicted molar refractivity (Wildman–Crippen MR) is 124 cm³/mol. The Kier molecular flexibility index (Phi) is 6.41. The number of hydrogen-bond donors (Lipinski definition) is 2. The van der Waals surface area contributed by atoms with Crippen LogP contribution < -0.4 is 10.9 Å². The molecule has 2 aromatic heterocycles. The maximum absolute atomic E-state index is 11.9. The van der Waals surface area contributed by atoms with Gasteiger partial charge in [0.1, 0.15) is 0 Å². The lowest BCUT2D eigenvalue weighted by molar-refractivity contribution is 0.0284. The van der Waals surface area contributed by atoms with Crippen LogP contribution in [0.5, 0.6) is 0 Å². The van der Waals surface area contributed by atoms with E-state index >= 15 is 0 Å². The third-order valence-electron chi connectivity index (χ3n) is 5.87. The van der Waals surface area contributed by atoms with E-state index in [-0.39, 0.29) is 11.0 Å². The predicted octanol–water partition coefficient (Wildman–Crippen LogP) is 4.53. The number of ether oxygens (including phenoxy) is 1. The van der Waals surface area contributed by atoms with Crippen LogP contribution in [0.2, 0.25) is 0 Å². The number of H-pyrrole nitrogens is 1. The molecule has 7 heteroatoms. The molecule has 3 aromatic rings. The number of rotatable bonds is 7. The Hall–Kier alpha value is -2.67. The number of nitrogens with zero attached hydrogens (tertiary/aromatic N) is 3. The first-order valence-corrected chi connectivity index (χ1v) is 11.4. The van der Waals surface area contributed by atoms with Crippen molar-refractivity contribution in [3.05, 3.63) is 46.2 Å². The zero-order chi connectivity index (χ0) is 21.8. The van der Waals surface area contributed by atoms with Crippen LogP contribution in [0.25, 0.3) is 17.0 Å². The first-order chi connectivity index (χ1) is 14.9. The van der Waals surface area contributed by atoms with Crippen molar-refractivity contribution >= 4 is 11.6 Å². The molecule has 1 aliphatic rings.